The van der Waals surface area contributed by atoms with Crippen LogP contribution in [0.25, 0.3) is 0 Å². The van der Waals surface area contributed by atoms with E-state index in [4.69, 9.17) is 26.9 Å². The number of nitrogens with zero attached hydrogens (tertiary/aromatic N) is 2. The van der Waals surface area contributed by atoms with E-state index < -0.39 is 5.82 Å². The van der Waals surface area contributed by atoms with Gasteiger partial charge in [0.15, 0.2) is 11.6 Å². The van der Waals surface area contributed by atoms with Gasteiger partial charge in [-0.3, -0.25) is 0 Å². The van der Waals surface area contributed by atoms with Crippen LogP contribution < -0.4 is 4.74 Å². The van der Waals surface area contributed by atoms with Gasteiger partial charge in [0.2, 0.25) is 0 Å². The van der Waals surface area contributed by atoms with Crippen LogP contribution in [0.2, 0.25) is 5.02 Å². The summed E-state index contributed by atoms with van der Waals surface area (Å²) in [5, 5.41) is 17.6. The lowest BCUT2D eigenvalue weighted by atomic mass is 10.2. The molecule has 0 bridgehead atoms. The quantitative estimate of drug-likeness (QED) is 0.830. The monoisotopic (exact) mass is 272 g/mol. The predicted octanol–water partition coefficient (Wildman–Crippen LogP) is 4.01. The van der Waals surface area contributed by atoms with E-state index in [0.717, 1.165) is 6.07 Å². The summed E-state index contributed by atoms with van der Waals surface area (Å²) >= 11 is 5.92. The fourth-order valence-electron chi connectivity index (χ4n) is 1.42. The first-order valence-electron chi connectivity index (χ1n) is 5.21. The van der Waals surface area contributed by atoms with Gasteiger partial charge in [0.1, 0.15) is 5.75 Å². The van der Waals surface area contributed by atoms with E-state index in [2.05, 4.69) is 0 Å². The molecule has 0 spiro atoms. The average molecular weight is 273 g/mol. The molecule has 0 heterocycles. The molecule has 3 nitrogen and oxygen atoms in total. The number of nitriles is 2. The van der Waals surface area contributed by atoms with Gasteiger partial charge in [-0.15, -0.1) is 0 Å². The van der Waals surface area contributed by atoms with Gasteiger partial charge in [0.05, 0.1) is 28.3 Å². The third-order valence-electron chi connectivity index (χ3n) is 2.34. The average Bonchev–Trinajstić information content (AvgIpc) is 2.42. The second kappa shape index (κ2) is 5.39. The highest BCUT2D eigenvalue weighted by Gasteiger charge is 2.09. The Morgan fingerprint density at radius 3 is 2.05 bits per heavy atom. The third kappa shape index (κ3) is 2.82. The van der Waals surface area contributed by atoms with E-state index in [1.807, 2.05) is 12.1 Å². The van der Waals surface area contributed by atoms with Crippen LogP contribution in [0.1, 0.15) is 11.1 Å². The summed E-state index contributed by atoms with van der Waals surface area (Å²) in [6.07, 6.45) is 0. The molecular weight excluding hydrogens is 267 g/mol. The second-order valence-electron chi connectivity index (χ2n) is 3.62. The van der Waals surface area contributed by atoms with E-state index in [1.54, 1.807) is 0 Å². The summed E-state index contributed by atoms with van der Waals surface area (Å²) in [5.74, 6) is -0.450. The molecule has 2 rings (SSSR count). The maximum atomic E-state index is 13.6. The smallest absolute Gasteiger partial charge is 0.167 e. The minimum absolute atomic E-state index is 0.0365. The summed E-state index contributed by atoms with van der Waals surface area (Å²) in [6, 6.07) is 12.1. The minimum atomic E-state index is -0.653. The van der Waals surface area contributed by atoms with Crippen LogP contribution >= 0.6 is 11.6 Å². The molecule has 0 amide bonds. The van der Waals surface area contributed by atoms with Gasteiger partial charge in [-0.1, -0.05) is 11.6 Å². The summed E-state index contributed by atoms with van der Waals surface area (Å²) in [7, 11) is 0. The van der Waals surface area contributed by atoms with Crippen molar-refractivity contribution < 1.29 is 9.13 Å². The summed E-state index contributed by atoms with van der Waals surface area (Å²) in [6.45, 7) is 0. The van der Waals surface area contributed by atoms with Crippen LogP contribution in [0.5, 0.6) is 11.5 Å². The zero-order valence-corrected chi connectivity index (χ0v) is 10.3. The SMILES string of the molecule is N#Cc1ccc(Oc2ccc(C#N)cc2Cl)c(F)c1. The van der Waals surface area contributed by atoms with Crippen LogP contribution in [-0.2, 0) is 0 Å². The summed E-state index contributed by atoms with van der Waals surface area (Å²) in [4.78, 5) is 0. The first-order valence-corrected chi connectivity index (χ1v) is 5.59. The molecular formula is C14H6ClFN2O. The molecule has 0 unspecified atom stereocenters. The second-order valence-corrected chi connectivity index (χ2v) is 4.02. The molecule has 0 aliphatic heterocycles. The van der Waals surface area contributed by atoms with Crippen molar-refractivity contribution >= 4 is 11.6 Å². The van der Waals surface area contributed by atoms with E-state index >= 15 is 0 Å². The van der Waals surface area contributed by atoms with Crippen LogP contribution in [-0.4, -0.2) is 0 Å². The van der Waals surface area contributed by atoms with E-state index in [9.17, 15) is 4.39 Å². The molecule has 0 aromatic heterocycles. The molecule has 0 saturated carbocycles. The Morgan fingerprint density at radius 2 is 1.53 bits per heavy atom. The predicted molar refractivity (Wildman–Crippen MR) is 67.4 cm³/mol. The maximum Gasteiger partial charge on any atom is 0.167 e. The fourth-order valence-corrected chi connectivity index (χ4v) is 1.64. The highest BCUT2D eigenvalue weighted by atomic mass is 35.5. The van der Waals surface area contributed by atoms with Crippen LogP contribution in [0.3, 0.4) is 0 Å². The molecule has 0 atom stereocenters. The molecule has 0 aliphatic carbocycles. The molecule has 19 heavy (non-hydrogen) atoms. The lowest BCUT2D eigenvalue weighted by Crippen LogP contribution is -1.90. The van der Waals surface area contributed by atoms with Crippen molar-refractivity contribution in [2.24, 2.45) is 0 Å². The van der Waals surface area contributed by atoms with Crippen molar-refractivity contribution in [3.8, 4) is 23.6 Å². The van der Waals surface area contributed by atoms with Crippen molar-refractivity contribution in [1.29, 1.82) is 10.5 Å². The number of hydrogen-bond acceptors (Lipinski definition) is 3. The van der Waals surface area contributed by atoms with Gasteiger partial charge in [-0.2, -0.15) is 10.5 Å². The molecule has 0 N–H and O–H groups in total. The third-order valence-corrected chi connectivity index (χ3v) is 2.64. The van der Waals surface area contributed by atoms with Gasteiger partial charge in [-0.05, 0) is 36.4 Å². The highest BCUT2D eigenvalue weighted by molar-refractivity contribution is 6.32. The highest BCUT2D eigenvalue weighted by Crippen LogP contribution is 2.31. The van der Waals surface area contributed by atoms with Crippen LogP contribution in [0.15, 0.2) is 36.4 Å². The van der Waals surface area contributed by atoms with Crippen LogP contribution in [0, 0.1) is 28.5 Å². The largest absolute Gasteiger partial charge is 0.453 e. The Labute approximate surface area is 114 Å². The van der Waals surface area contributed by atoms with Gasteiger partial charge in [-0.25, -0.2) is 4.39 Å². The summed E-state index contributed by atoms with van der Waals surface area (Å²) < 4.78 is 18.9. The van der Waals surface area contributed by atoms with Gasteiger partial charge >= 0.3 is 0 Å². The summed E-state index contributed by atoms with van der Waals surface area (Å²) in [5.41, 5.74) is 0.591. The van der Waals surface area contributed by atoms with Crippen molar-refractivity contribution in [3.63, 3.8) is 0 Å². The standard InChI is InChI=1S/C14H6ClFN2O/c15-11-5-9(7-17)1-3-13(11)19-14-4-2-10(8-18)6-12(14)16/h1-6H. The number of hydrogen-bond donors (Lipinski definition) is 0. The molecule has 2 aromatic rings. The zero-order chi connectivity index (χ0) is 13.8. The van der Waals surface area contributed by atoms with Gasteiger partial charge in [0.25, 0.3) is 0 Å². The van der Waals surface area contributed by atoms with E-state index in [1.165, 1.54) is 30.3 Å². The van der Waals surface area contributed by atoms with Crippen LogP contribution in [0.4, 0.5) is 4.39 Å². The maximum absolute atomic E-state index is 13.6. The van der Waals surface area contributed by atoms with Gasteiger partial charge in [0, 0.05) is 0 Å². The van der Waals surface area contributed by atoms with Gasteiger partial charge < -0.3 is 4.74 Å². The Morgan fingerprint density at radius 1 is 0.947 bits per heavy atom. The van der Waals surface area contributed by atoms with E-state index in [-0.39, 0.29) is 22.1 Å². The Hall–Kier alpha value is -2.56. The first-order chi connectivity index (χ1) is 9.13. The zero-order valence-electron chi connectivity index (χ0n) is 9.52. The Balaban J connectivity index is 2.32. The lowest BCUT2D eigenvalue weighted by Gasteiger charge is -2.08. The molecule has 0 saturated heterocycles. The Bertz CT molecular complexity index is 655. The minimum Gasteiger partial charge on any atom is -0.453 e. The van der Waals surface area contributed by atoms with Crippen molar-refractivity contribution in [2.45, 2.75) is 0 Å². The lowest BCUT2D eigenvalue weighted by molar-refractivity contribution is 0.442. The molecule has 0 radical (unpaired) electrons. The first kappa shape index (κ1) is 12.9. The normalized spacial score (nSPS) is 9.47. The molecule has 5 heteroatoms. The number of benzene rings is 2. The molecule has 2 aromatic carbocycles. The fraction of sp³-hybridized carbons (Fsp3) is 0. The molecule has 0 fully saturated rings. The number of rotatable bonds is 2. The van der Waals surface area contributed by atoms with Crippen molar-refractivity contribution in [3.05, 3.63) is 58.4 Å². The number of halogens is 2. The van der Waals surface area contributed by atoms with E-state index in [0.29, 0.717) is 5.56 Å². The molecule has 92 valence electrons. The topological polar surface area (TPSA) is 56.8 Å². The molecule has 0 aliphatic rings. The Kier molecular flexibility index (Phi) is 3.66. The van der Waals surface area contributed by atoms with Crippen molar-refractivity contribution in [1.82, 2.24) is 0 Å². The van der Waals surface area contributed by atoms with Crippen molar-refractivity contribution in [2.75, 3.05) is 0 Å². The number of ether oxygens (including phenoxy) is 1.